The fourth-order valence-corrected chi connectivity index (χ4v) is 1.54. The molecule has 0 amide bonds. The number of hydrogen-bond donors (Lipinski definition) is 1. The monoisotopic (exact) mass is 251 g/mol. The SMILES string of the molecule is CCC(NC)c1cnn(CCOC(F)(F)F)c1. The Morgan fingerprint density at radius 3 is 2.76 bits per heavy atom. The van der Waals surface area contributed by atoms with Gasteiger partial charge < -0.3 is 5.32 Å². The van der Waals surface area contributed by atoms with Crippen molar-refractivity contribution in [2.24, 2.45) is 0 Å². The van der Waals surface area contributed by atoms with Gasteiger partial charge in [0.1, 0.15) is 0 Å². The molecule has 1 atom stereocenters. The molecule has 1 N–H and O–H groups in total. The normalized spacial score (nSPS) is 13.9. The average molecular weight is 251 g/mol. The summed E-state index contributed by atoms with van der Waals surface area (Å²) < 4.78 is 40.3. The van der Waals surface area contributed by atoms with Gasteiger partial charge in [0.15, 0.2) is 0 Å². The summed E-state index contributed by atoms with van der Waals surface area (Å²) in [4.78, 5) is 0. The maximum atomic E-state index is 11.7. The van der Waals surface area contributed by atoms with Crippen molar-refractivity contribution < 1.29 is 17.9 Å². The van der Waals surface area contributed by atoms with Gasteiger partial charge in [0.25, 0.3) is 0 Å². The van der Waals surface area contributed by atoms with Gasteiger partial charge in [-0.3, -0.25) is 9.42 Å². The maximum Gasteiger partial charge on any atom is 0.522 e. The third kappa shape index (κ3) is 4.74. The van der Waals surface area contributed by atoms with Crippen LogP contribution in [0.15, 0.2) is 12.4 Å². The van der Waals surface area contributed by atoms with Crippen molar-refractivity contribution in [1.29, 1.82) is 0 Å². The van der Waals surface area contributed by atoms with E-state index in [0.717, 1.165) is 12.0 Å². The van der Waals surface area contributed by atoms with Gasteiger partial charge in [-0.25, -0.2) is 0 Å². The van der Waals surface area contributed by atoms with E-state index in [2.05, 4.69) is 15.2 Å². The van der Waals surface area contributed by atoms with Crippen LogP contribution in [0.3, 0.4) is 0 Å². The number of hydrogen-bond acceptors (Lipinski definition) is 3. The van der Waals surface area contributed by atoms with E-state index in [1.807, 2.05) is 14.0 Å². The van der Waals surface area contributed by atoms with E-state index >= 15 is 0 Å². The van der Waals surface area contributed by atoms with E-state index in [-0.39, 0.29) is 12.6 Å². The fourth-order valence-electron chi connectivity index (χ4n) is 1.54. The van der Waals surface area contributed by atoms with Crippen LogP contribution in [0.2, 0.25) is 0 Å². The minimum Gasteiger partial charge on any atom is -0.313 e. The molecule has 0 spiro atoms. The molecule has 1 aromatic heterocycles. The van der Waals surface area contributed by atoms with Gasteiger partial charge in [-0.1, -0.05) is 6.92 Å². The molecule has 0 saturated carbocycles. The Balaban J connectivity index is 2.46. The van der Waals surface area contributed by atoms with Gasteiger partial charge in [0.2, 0.25) is 0 Å². The summed E-state index contributed by atoms with van der Waals surface area (Å²) in [5, 5.41) is 7.08. The summed E-state index contributed by atoms with van der Waals surface area (Å²) >= 11 is 0. The molecule has 1 heterocycles. The molecule has 7 heteroatoms. The predicted octanol–water partition coefficient (Wildman–Crippen LogP) is 2.09. The standard InChI is InChI=1S/C10H16F3N3O/c1-3-9(14-2)8-6-15-16(7-8)4-5-17-10(11,12)13/h6-7,9,14H,3-5H2,1-2H3. The zero-order chi connectivity index (χ0) is 12.9. The van der Waals surface area contributed by atoms with Crippen molar-refractivity contribution >= 4 is 0 Å². The highest BCUT2D eigenvalue weighted by Gasteiger charge is 2.28. The first-order chi connectivity index (χ1) is 7.96. The lowest BCUT2D eigenvalue weighted by Gasteiger charge is -2.10. The second-order valence-corrected chi connectivity index (χ2v) is 3.58. The minimum absolute atomic E-state index is 0.0830. The highest BCUT2D eigenvalue weighted by molar-refractivity contribution is 5.09. The van der Waals surface area contributed by atoms with Crippen molar-refractivity contribution in [3.8, 4) is 0 Å². The number of rotatable bonds is 6. The Bertz CT molecular complexity index is 334. The van der Waals surface area contributed by atoms with Crippen molar-refractivity contribution in [3.05, 3.63) is 18.0 Å². The first-order valence-corrected chi connectivity index (χ1v) is 5.36. The first-order valence-electron chi connectivity index (χ1n) is 5.36. The van der Waals surface area contributed by atoms with Crippen LogP contribution in [0.1, 0.15) is 24.9 Å². The van der Waals surface area contributed by atoms with Crippen molar-refractivity contribution in [3.63, 3.8) is 0 Å². The third-order valence-electron chi connectivity index (χ3n) is 2.40. The van der Waals surface area contributed by atoms with E-state index < -0.39 is 13.0 Å². The number of aromatic nitrogens is 2. The maximum absolute atomic E-state index is 11.7. The summed E-state index contributed by atoms with van der Waals surface area (Å²) in [6.45, 7) is 1.67. The second kappa shape index (κ2) is 6.02. The molecule has 17 heavy (non-hydrogen) atoms. The molecule has 0 aliphatic carbocycles. The molecule has 4 nitrogen and oxygen atoms in total. The largest absolute Gasteiger partial charge is 0.522 e. The van der Waals surface area contributed by atoms with E-state index in [1.165, 1.54) is 4.68 Å². The second-order valence-electron chi connectivity index (χ2n) is 3.58. The molecule has 0 saturated heterocycles. The Hall–Kier alpha value is -1.08. The molecule has 0 aromatic carbocycles. The van der Waals surface area contributed by atoms with Crippen LogP contribution in [0.25, 0.3) is 0 Å². The Kier molecular flexibility index (Phi) is 4.95. The lowest BCUT2D eigenvalue weighted by Crippen LogP contribution is -2.17. The number of halogens is 3. The number of ether oxygens (including phenoxy) is 1. The number of nitrogens with one attached hydrogen (secondary N) is 1. The van der Waals surface area contributed by atoms with Crippen molar-refractivity contribution in [2.75, 3.05) is 13.7 Å². The molecule has 0 aliphatic heterocycles. The average Bonchev–Trinajstić information content (AvgIpc) is 2.67. The van der Waals surface area contributed by atoms with Crippen LogP contribution in [0.4, 0.5) is 13.2 Å². The van der Waals surface area contributed by atoms with E-state index in [9.17, 15) is 13.2 Å². The molecule has 1 aromatic rings. The molecule has 0 bridgehead atoms. The lowest BCUT2D eigenvalue weighted by molar-refractivity contribution is -0.325. The molecular weight excluding hydrogens is 235 g/mol. The van der Waals surface area contributed by atoms with Gasteiger partial charge >= 0.3 is 6.36 Å². The molecule has 0 aliphatic rings. The zero-order valence-electron chi connectivity index (χ0n) is 9.79. The first kappa shape index (κ1) is 14.0. The molecular formula is C10H16F3N3O. The topological polar surface area (TPSA) is 39.1 Å². The quantitative estimate of drug-likeness (QED) is 0.841. The van der Waals surface area contributed by atoms with Crippen LogP contribution >= 0.6 is 0 Å². The van der Waals surface area contributed by atoms with Crippen molar-refractivity contribution in [1.82, 2.24) is 15.1 Å². The summed E-state index contributed by atoms with van der Waals surface area (Å²) in [6, 6.07) is 0.173. The number of alkyl halides is 3. The van der Waals surface area contributed by atoms with E-state index in [1.54, 1.807) is 12.4 Å². The van der Waals surface area contributed by atoms with Crippen LogP contribution in [0, 0.1) is 0 Å². The number of nitrogens with zero attached hydrogens (tertiary/aromatic N) is 2. The molecule has 1 unspecified atom stereocenters. The van der Waals surface area contributed by atoms with Crippen LogP contribution in [-0.2, 0) is 11.3 Å². The summed E-state index contributed by atoms with van der Waals surface area (Å²) in [6.07, 6.45) is -0.309. The molecule has 0 fully saturated rings. The van der Waals surface area contributed by atoms with E-state index in [0.29, 0.717) is 0 Å². The fraction of sp³-hybridized carbons (Fsp3) is 0.700. The van der Waals surface area contributed by atoms with Crippen LogP contribution < -0.4 is 5.32 Å². The van der Waals surface area contributed by atoms with Crippen LogP contribution in [0.5, 0.6) is 0 Å². The highest BCUT2D eigenvalue weighted by Crippen LogP contribution is 2.17. The lowest BCUT2D eigenvalue weighted by atomic mass is 10.1. The van der Waals surface area contributed by atoms with Gasteiger partial charge in [-0.05, 0) is 13.5 Å². The summed E-state index contributed by atoms with van der Waals surface area (Å²) in [7, 11) is 1.83. The molecule has 98 valence electrons. The van der Waals surface area contributed by atoms with E-state index in [4.69, 9.17) is 0 Å². The van der Waals surface area contributed by atoms with Gasteiger partial charge in [-0.2, -0.15) is 5.10 Å². The Labute approximate surface area is 97.8 Å². The summed E-state index contributed by atoms with van der Waals surface area (Å²) in [5.41, 5.74) is 0.960. The van der Waals surface area contributed by atoms with Gasteiger partial charge in [0.05, 0.1) is 19.3 Å². The third-order valence-corrected chi connectivity index (χ3v) is 2.40. The Morgan fingerprint density at radius 1 is 1.53 bits per heavy atom. The van der Waals surface area contributed by atoms with Gasteiger partial charge in [0, 0.05) is 17.8 Å². The Morgan fingerprint density at radius 2 is 2.24 bits per heavy atom. The summed E-state index contributed by atoms with van der Waals surface area (Å²) in [5.74, 6) is 0. The smallest absolute Gasteiger partial charge is 0.313 e. The van der Waals surface area contributed by atoms with Crippen molar-refractivity contribution in [2.45, 2.75) is 32.3 Å². The predicted molar refractivity (Wildman–Crippen MR) is 56.3 cm³/mol. The zero-order valence-corrected chi connectivity index (χ0v) is 9.79. The van der Waals surface area contributed by atoms with Gasteiger partial charge in [-0.15, -0.1) is 13.2 Å². The highest BCUT2D eigenvalue weighted by atomic mass is 19.4. The molecule has 0 radical (unpaired) electrons. The molecule has 1 rings (SSSR count). The minimum atomic E-state index is -4.58. The van der Waals surface area contributed by atoms with Crippen LogP contribution in [-0.4, -0.2) is 29.8 Å².